The van der Waals surface area contributed by atoms with Crippen molar-refractivity contribution in [1.82, 2.24) is 14.6 Å². The number of amides is 1. The summed E-state index contributed by atoms with van der Waals surface area (Å²) in [6, 6.07) is 5.89. The maximum absolute atomic E-state index is 12.7. The van der Waals surface area contributed by atoms with Crippen molar-refractivity contribution < 1.29 is 9.35 Å². The van der Waals surface area contributed by atoms with E-state index in [1.54, 1.807) is 0 Å². The third kappa shape index (κ3) is 3.48. The molecule has 3 aliphatic heterocycles. The highest BCUT2D eigenvalue weighted by Crippen LogP contribution is 2.29. The van der Waals surface area contributed by atoms with Crippen molar-refractivity contribution in [3.05, 3.63) is 23.9 Å². The maximum Gasteiger partial charge on any atom is 0.271 e. The Bertz CT molecular complexity index is 773. The third-order valence-corrected chi connectivity index (χ3v) is 6.95. The summed E-state index contributed by atoms with van der Waals surface area (Å²) >= 11 is 0.230. The smallest absolute Gasteiger partial charge is 0.271 e. The van der Waals surface area contributed by atoms with E-state index in [-0.39, 0.29) is 11.9 Å². The molecule has 2 aromatic rings. The summed E-state index contributed by atoms with van der Waals surface area (Å²) in [5, 5.41) is 4.06. The molecule has 3 aliphatic rings. The summed E-state index contributed by atoms with van der Waals surface area (Å²) < 4.78 is 19.9. The van der Waals surface area contributed by atoms with E-state index in [4.69, 9.17) is 0 Å². The molecular weight excluding hydrogens is 356 g/mol. The van der Waals surface area contributed by atoms with Crippen molar-refractivity contribution in [2.24, 2.45) is 5.92 Å². The standard InChI is InChI=1S/C17H22N4O2S2/c1-2-25(23)20-12-3-4-13-15(9-12)24-19-16(13)17(22)18-14-10-21-7-5-11(14)6-8-21/h3-4,9,11,14,20H,2,5-8,10H2,1H3,(H,18,22)/t14-,25?/m1/s1. The van der Waals surface area contributed by atoms with E-state index < -0.39 is 11.4 Å². The second kappa shape index (κ2) is 7.11. The van der Waals surface area contributed by atoms with E-state index in [9.17, 15) is 9.35 Å². The van der Waals surface area contributed by atoms with Crippen LogP contribution in [0.15, 0.2) is 18.2 Å². The first-order valence-electron chi connectivity index (χ1n) is 8.71. The van der Waals surface area contributed by atoms with E-state index in [1.807, 2.05) is 25.1 Å². The number of benzene rings is 1. The molecule has 25 heavy (non-hydrogen) atoms. The van der Waals surface area contributed by atoms with Gasteiger partial charge in [0.2, 0.25) is 0 Å². The average Bonchev–Trinajstić information content (AvgIpc) is 3.06. The zero-order valence-electron chi connectivity index (χ0n) is 14.2. The van der Waals surface area contributed by atoms with Crippen LogP contribution in [0.1, 0.15) is 30.3 Å². The van der Waals surface area contributed by atoms with Crippen LogP contribution in [0.25, 0.3) is 10.1 Å². The summed E-state index contributed by atoms with van der Waals surface area (Å²) in [7, 11) is 0. The summed E-state index contributed by atoms with van der Waals surface area (Å²) in [6.45, 7) is 5.14. The summed E-state index contributed by atoms with van der Waals surface area (Å²) in [4.78, 5) is 15.2. The minimum absolute atomic E-state index is 0.0807. The fourth-order valence-corrected chi connectivity index (χ4v) is 5.08. The number of nitrogens with one attached hydrogen (secondary N) is 2. The van der Waals surface area contributed by atoms with Gasteiger partial charge in [0.25, 0.3) is 5.91 Å². The van der Waals surface area contributed by atoms with Gasteiger partial charge < -0.3 is 14.8 Å². The average molecular weight is 379 g/mol. The molecule has 3 saturated heterocycles. The van der Waals surface area contributed by atoms with Crippen LogP contribution in [-0.2, 0) is 11.4 Å². The zero-order chi connectivity index (χ0) is 17.4. The lowest BCUT2D eigenvalue weighted by atomic mass is 9.84. The lowest BCUT2D eigenvalue weighted by Gasteiger charge is -2.44. The first kappa shape index (κ1) is 17.1. The van der Waals surface area contributed by atoms with Gasteiger partial charge in [-0.25, -0.2) is 4.72 Å². The number of nitrogens with zero attached hydrogens (tertiary/aromatic N) is 2. The number of anilines is 1. The molecule has 8 heteroatoms. The number of carbonyl (C=O) groups is 1. The molecule has 2 N–H and O–H groups in total. The molecular formula is C17H22N4O2S2. The number of hydrogen-bond acceptors (Lipinski definition) is 6. The Hall–Kier alpha value is -1.35. The van der Waals surface area contributed by atoms with Crippen LogP contribution in [0.2, 0.25) is 0 Å². The molecule has 0 aliphatic carbocycles. The molecule has 0 radical (unpaired) electrons. The van der Waals surface area contributed by atoms with Crippen molar-refractivity contribution in [2.45, 2.75) is 25.8 Å². The monoisotopic (exact) mass is 378 g/mol. The van der Waals surface area contributed by atoms with E-state index in [1.165, 1.54) is 24.4 Å². The molecule has 1 amide bonds. The third-order valence-electron chi connectivity index (χ3n) is 5.15. The molecule has 1 unspecified atom stereocenters. The SMILES string of the molecule is CC[S+]([O-])Nc1ccc2c(C(=O)N[C@@H]3CN4CCC3CC4)nsc2c1. The molecule has 4 heterocycles. The Morgan fingerprint density at radius 2 is 2.24 bits per heavy atom. The van der Waals surface area contributed by atoms with Crippen molar-refractivity contribution in [2.75, 3.05) is 30.1 Å². The second-order valence-electron chi connectivity index (χ2n) is 6.70. The lowest BCUT2D eigenvalue weighted by Crippen LogP contribution is -2.57. The Balaban J connectivity index is 1.50. The molecule has 134 valence electrons. The minimum Gasteiger partial charge on any atom is -0.593 e. The number of fused-ring (bicyclic) bond motifs is 4. The number of rotatable bonds is 5. The van der Waals surface area contributed by atoms with Gasteiger partial charge in [-0.1, -0.05) is 0 Å². The van der Waals surface area contributed by atoms with Crippen molar-refractivity contribution >= 4 is 44.6 Å². The first-order chi connectivity index (χ1) is 12.1. The van der Waals surface area contributed by atoms with Gasteiger partial charge in [-0.3, -0.25) is 4.79 Å². The highest BCUT2D eigenvalue weighted by molar-refractivity contribution is 7.92. The Morgan fingerprint density at radius 3 is 2.92 bits per heavy atom. The molecule has 5 rings (SSSR count). The van der Waals surface area contributed by atoms with Crippen LogP contribution in [0.5, 0.6) is 0 Å². The Kier molecular flexibility index (Phi) is 4.86. The second-order valence-corrected chi connectivity index (χ2v) is 8.97. The topological polar surface area (TPSA) is 80.3 Å². The van der Waals surface area contributed by atoms with E-state index in [2.05, 4.69) is 19.3 Å². The van der Waals surface area contributed by atoms with Crippen molar-refractivity contribution in [1.29, 1.82) is 0 Å². The van der Waals surface area contributed by atoms with Crippen LogP contribution in [0.3, 0.4) is 0 Å². The lowest BCUT2D eigenvalue weighted by molar-refractivity contribution is 0.0619. The molecule has 2 atom stereocenters. The van der Waals surface area contributed by atoms with Gasteiger partial charge in [0.15, 0.2) is 0 Å². The predicted octanol–water partition coefficient (Wildman–Crippen LogP) is 2.22. The Morgan fingerprint density at radius 1 is 1.44 bits per heavy atom. The van der Waals surface area contributed by atoms with Crippen LogP contribution in [0, 0.1) is 5.92 Å². The number of piperidine rings is 3. The summed E-state index contributed by atoms with van der Waals surface area (Å²) in [5.41, 5.74) is 1.29. The molecule has 1 aromatic carbocycles. The molecule has 1 aromatic heterocycles. The Labute approximate surface area is 154 Å². The number of hydrogen-bond donors (Lipinski definition) is 2. The molecule has 2 bridgehead atoms. The van der Waals surface area contributed by atoms with Gasteiger partial charge in [0.05, 0.1) is 21.7 Å². The van der Waals surface area contributed by atoms with Crippen molar-refractivity contribution in [3.63, 3.8) is 0 Å². The fourth-order valence-electron chi connectivity index (χ4n) is 3.73. The highest BCUT2D eigenvalue weighted by Gasteiger charge is 2.35. The number of carbonyl (C=O) groups excluding carboxylic acids is 1. The number of aromatic nitrogens is 1. The molecule has 0 saturated carbocycles. The first-order valence-corrected chi connectivity index (χ1v) is 10.8. The highest BCUT2D eigenvalue weighted by atomic mass is 32.2. The zero-order valence-corrected chi connectivity index (χ0v) is 15.8. The normalized spacial score (nSPS) is 26.6. The van der Waals surface area contributed by atoms with Gasteiger partial charge in [0.1, 0.15) is 11.4 Å². The maximum atomic E-state index is 12.7. The van der Waals surface area contributed by atoms with Gasteiger partial charge in [0, 0.05) is 18.0 Å². The minimum atomic E-state index is -1.08. The van der Waals surface area contributed by atoms with Gasteiger partial charge in [-0.05, 0) is 68.5 Å². The molecule has 0 spiro atoms. The molecule has 3 fully saturated rings. The van der Waals surface area contributed by atoms with E-state index in [0.29, 0.717) is 17.4 Å². The predicted molar refractivity (Wildman–Crippen MR) is 102 cm³/mol. The summed E-state index contributed by atoms with van der Waals surface area (Å²) in [6.07, 6.45) is 2.35. The quantitative estimate of drug-likeness (QED) is 0.780. The summed E-state index contributed by atoms with van der Waals surface area (Å²) in [5.74, 6) is 1.06. The van der Waals surface area contributed by atoms with Crippen LogP contribution in [0.4, 0.5) is 5.69 Å². The van der Waals surface area contributed by atoms with Gasteiger partial charge in [-0.15, -0.1) is 0 Å². The van der Waals surface area contributed by atoms with Gasteiger partial charge >= 0.3 is 0 Å². The fraction of sp³-hybridized carbons (Fsp3) is 0.529. The van der Waals surface area contributed by atoms with Crippen LogP contribution >= 0.6 is 11.5 Å². The largest absolute Gasteiger partial charge is 0.593 e. The van der Waals surface area contributed by atoms with Gasteiger partial charge in [-0.2, -0.15) is 4.37 Å². The van der Waals surface area contributed by atoms with E-state index in [0.717, 1.165) is 35.4 Å². The van der Waals surface area contributed by atoms with Crippen LogP contribution < -0.4 is 10.0 Å². The molecule has 6 nitrogen and oxygen atoms in total. The van der Waals surface area contributed by atoms with Crippen LogP contribution in [-0.4, -0.2) is 51.2 Å². The van der Waals surface area contributed by atoms with Crippen molar-refractivity contribution in [3.8, 4) is 0 Å². The van der Waals surface area contributed by atoms with E-state index >= 15 is 0 Å².